The lowest BCUT2D eigenvalue weighted by Gasteiger charge is -2.32. The SMILES string of the molecule is CCCNC(=O)[C@@H](C)N(Cc1ccccc1)C(=O)CN(c1ccc(Cl)cc1C)S(=O)(=O)c1ccc(C)cc1. The molecule has 3 aromatic carbocycles. The molecule has 0 bridgehead atoms. The van der Waals surface area contributed by atoms with Gasteiger partial charge in [-0.15, -0.1) is 0 Å². The van der Waals surface area contributed by atoms with Crippen LogP contribution in [-0.4, -0.2) is 44.3 Å². The van der Waals surface area contributed by atoms with Gasteiger partial charge in [0.2, 0.25) is 11.8 Å². The molecule has 0 spiro atoms. The monoisotopic (exact) mass is 555 g/mol. The molecule has 2 amide bonds. The van der Waals surface area contributed by atoms with Gasteiger partial charge in [0.1, 0.15) is 12.6 Å². The fraction of sp³-hybridized carbons (Fsp3) is 0.310. The van der Waals surface area contributed by atoms with Gasteiger partial charge in [-0.3, -0.25) is 13.9 Å². The van der Waals surface area contributed by atoms with Gasteiger partial charge in [0.15, 0.2) is 0 Å². The van der Waals surface area contributed by atoms with Gasteiger partial charge >= 0.3 is 0 Å². The van der Waals surface area contributed by atoms with Crippen LogP contribution in [0.5, 0.6) is 0 Å². The Morgan fingerprint density at radius 1 is 0.974 bits per heavy atom. The molecule has 0 aliphatic rings. The van der Waals surface area contributed by atoms with Crippen molar-refractivity contribution in [1.29, 1.82) is 0 Å². The molecule has 0 saturated carbocycles. The highest BCUT2D eigenvalue weighted by atomic mass is 35.5. The van der Waals surface area contributed by atoms with Crippen molar-refractivity contribution < 1.29 is 18.0 Å². The average Bonchev–Trinajstić information content (AvgIpc) is 2.89. The molecule has 0 aliphatic heterocycles. The number of carbonyl (C=O) groups excluding carboxylic acids is 2. The molecule has 1 atom stereocenters. The maximum Gasteiger partial charge on any atom is 0.264 e. The first kappa shape index (κ1) is 29.2. The Labute approximate surface area is 230 Å². The average molecular weight is 556 g/mol. The third kappa shape index (κ3) is 7.14. The predicted molar refractivity (Wildman–Crippen MR) is 152 cm³/mol. The summed E-state index contributed by atoms with van der Waals surface area (Å²) in [5.74, 6) is -0.801. The molecule has 3 aromatic rings. The predicted octanol–water partition coefficient (Wildman–Crippen LogP) is 5.10. The molecule has 0 fully saturated rings. The van der Waals surface area contributed by atoms with E-state index in [1.54, 1.807) is 44.2 Å². The number of anilines is 1. The van der Waals surface area contributed by atoms with Gasteiger partial charge in [-0.1, -0.05) is 66.6 Å². The number of amides is 2. The van der Waals surface area contributed by atoms with Gasteiger partial charge in [0.05, 0.1) is 10.6 Å². The molecule has 0 unspecified atom stereocenters. The van der Waals surface area contributed by atoms with Crippen LogP contribution in [0, 0.1) is 13.8 Å². The number of carbonyl (C=O) groups is 2. The van der Waals surface area contributed by atoms with E-state index < -0.39 is 28.5 Å². The van der Waals surface area contributed by atoms with E-state index in [-0.39, 0.29) is 17.3 Å². The second-order valence-electron chi connectivity index (χ2n) is 9.23. The van der Waals surface area contributed by atoms with Gasteiger partial charge in [-0.25, -0.2) is 8.42 Å². The lowest BCUT2D eigenvalue weighted by molar-refractivity contribution is -0.139. The zero-order chi connectivity index (χ0) is 27.9. The number of halogens is 1. The smallest absolute Gasteiger partial charge is 0.264 e. The quantitative estimate of drug-likeness (QED) is 0.357. The van der Waals surface area contributed by atoms with Crippen LogP contribution in [0.25, 0.3) is 0 Å². The summed E-state index contributed by atoms with van der Waals surface area (Å²) in [7, 11) is -4.13. The molecule has 38 heavy (non-hydrogen) atoms. The number of nitrogens with zero attached hydrogens (tertiary/aromatic N) is 2. The van der Waals surface area contributed by atoms with Gasteiger partial charge in [-0.05, 0) is 68.7 Å². The van der Waals surface area contributed by atoms with Crippen molar-refractivity contribution in [3.63, 3.8) is 0 Å². The van der Waals surface area contributed by atoms with Crippen LogP contribution in [0.1, 0.15) is 37.0 Å². The Balaban J connectivity index is 2.04. The van der Waals surface area contributed by atoms with E-state index in [1.807, 2.05) is 44.2 Å². The first-order chi connectivity index (χ1) is 18.0. The van der Waals surface area contributed by atoms with Crippen molar-refractivity contribution in [2.24, 2.45) is 0 Å². The fourth-order valence-electron chi connectivity index (χ4n) is 4.01. The van der Waals surface area contributed by atoms with Crippen molar-refractivity contribution >= 4 is 39.1 Å². The second kappa shape index (κ2) is 12.9. The van der Waals surface area contributed by atoms with Gasteiger partial charge < -0.3 is 10.2 Å². The molecule has 7 nitrogen and oxygen atoms in total. The Morgan fingerprint density at radius 3 is 2.24 bits per heavy atom. The highest BCUT2D eigenvalue weighted by Gasteiger charge is 2.33. The van der Waals surface area contributed by atoms with E-state index >= 15 is 0 Å². The highest BCUT2D eigenvalue weighted by molar-refractivity contribution is 7.92. The molecule has 0 radical (unpaired) electrons. The summed E-state index contributed by atoms with van der Waals surface area (Å²) in [6.45, 7) is 7.35. The number of nitrogens with one attached hydrogen (secondary N) is 1. The van der Waals surface area contributed by atoms with Gasteiger partial charge in [-0.2, -0.15) is 0 Å². The van der Waals surface area contributed by atoms with Crippen LogP contribution in [0.15, 0.2) is 77.7 Å². The van der Waals surface area contributed by atoms with E-state index in [0.29, 0.717) is 22.8 Å². The lowest BCUT2D eigenvalue weighted by Crippen LogP contribution is -2.51. The Hall–Kier alpha value is -3.36. The topological polar surface area (TPSA) is 86.8 Å². The number of sulfonamides is 1. The molecular formula is C29H34ClN3O4S. The molecule has 3 rings (SSSR count). The normalized spacial score (nSPS) is 12.0. The number of rotatable bonds is 11. The minimum Gasteiger partial charge on any atom is -0.354 e. The van der Waals surface area contributed by atoms with Crippen molar-refractivity contribution in [3.05, 3.63) is 94.5 Å². The molecule has 1 N–H and O–H groups in total. The Morgan fingerprint density at radius 2 is 1.63 bits per heavy atom. The van der Waals surface area contributed by atoms with E-state index in [4.69, 9.17) is 11.6 Å². The largest absolute Gasteiger partial charge is 0.354 e. The van der Waals surface area contributed by atoms with Crippen LogP contribution in [0.3, 0.4) is 0 Å². The van der Waals surface area contributed by atoms with Crippen LogP contribution in [-0.2, 0) is 26.2 Å². The Kier molecular flexibility index (Phi) is 9.94. The van der Waals surface area contributed by atoms with Gasteiger partial charge in [0, 0.05) is 18.1 Å². The van der Waals surface area contributed by atoms with E-state index in [0.717, 1.165) is 21.9 Å². The molecule has 202 valence electrons. The minimum atomic E-state index is -4.13. The first-order valence-electron chi connectivity index (χ1n) is 12.5. The summed E-state index contributed by atoms with van der Waals surface area (Å²) < 4.78 is 28.9. The minimum absolute atomic E-state index is 0.0635. The number of benzene rings is 3. The number of aryl methyl sites for hydroxylation is 2. The third-order valence-corrected chi connectivity index (χ3v) is 8.24. The summed E-state index contributed by atoms with van der Waals surface area (Å²) in [5, 5.41) is 3.29. The van der Waals surface area contributed by atoms with Crippen molar-refractivity contribution in [1.82, 2.24) is 10.2 Å². The van der Waals surface area contributed by atoms with Crippen molar-refractivity contribution in [3.8, 4) is 0 Å². The van der Waals surface area contributed by atoms with E-state index in [1.165, 1.54) is 17.0 Å². The summed E-state index contributed by atoms with van der Waals surface area (Å²) in [6.07, 6.45) is 0.753. The fourth-order valence-corrected chi connectivity index (χ4v) is 5.71. The Bertz CT molecular complexity index is 1360. The molecule has 0 heterocycles. The maximum absolute atomic E-state index is 13.9. The molecule has 9 heteroatoms. The number of hydrogen-bond donors (Lipinski definition) is 1. The molecular weight excluding hydrogens is 522 g/mol. The summed E-state index contributed by atoms with van der Waals surface area (Å²) in [6, 6.07) is 19.8. The van der Waals surface area contributed by atoms with Crippen LogP contribution >= 0.6 is 11.6 Å². The van der Waals surface area contributed by atoms with Crippen molar-refractivity contribution in [2.45, 2.75) is 51.6 Å². The van der Waals surface area contributed by atoms with Crippen LogP contribution < -0.4 is 9.62 Å². The highest BCUT2D eigenvalue weighted by Crippen LogP contribution is 2.29. The lowest BCUT2D eigenvalue weighted by atomic mass is 10.1. The molecule has 0 aliphatic carbocycles. The van der Waals surface area contributed by atoms with E-state index in [2.05, 4.69) is 5.32 Å². The third-order valence-electron chi connectivity index (χ3n) is 6.23. The second-order valence-corrected chi connectivity index (χ2v) is 11.5. The number of hydrogen-bond acceptors (Lipinski definition) is 4. The zero-order valence-corrected chi connectivity index (χ0v) is 23.7. The summed E-state index contributed by atoms with van der Waals surface area (Å²) in [5.41, 5.74) is 2.68. The van der Waals surface area contributed by atoms with Gasteiger partial charge in [0.25, 0.3) is 10.0 Å². The zero-order valence-electron chi connectivity index (χ0n) is 22.1. The first-order valence-corrected chi connectivity index (χ1v) is 14.3. The maximum atomic E-state index is 13.9. The molecule has 0 saturated heterocycles. The van der Waals surface area contributed by atoms with Crippen molar-refractivity contribution in [2.75, 3.05) is 17.4 Å². The van der Waals surface area contributed by atoms with Crippen LogP contribution in [0.2, 0.25) is 5.02 Å². The molecule has 0 aromatic heterocycles. The van der Waals surface area contributed by atoms with E-state index in [9.17, 15) is 18.0 Å². The standard InChI is InChI=1S/C29H34ClN3O4S/c1-5-17-31-29(35)23(4)32(19-24-9-7-6-8-10-24)28(34)20-33(27-16-13-25(30)18-22(27)3)38(36,37)26-14-11-21(2)12-15-26/h6-16,18,23H,5,17,19-20H2,1-4H3,(H,31,35)/t23-/m1/s1. The van der Waals surface area contributed by atoms with Crippen LogP contribution in [0.4, 0.5) is 5.69 Å². The summed E-state index contributed by atoms with van der Waals surface area (Å²) >= 11 is 6.15. The summed E-state index contributed by atoms with van der Waals surface area (Å²) in [4.78, 5) is 28.2.